The summed E-state index contributed by atoms with van der Waals surface area (Å²) >= 11 is 0. The molecule has 2 aliphatic heterocycles. The summed E-state index contributed by atoms with van der Waals surface area (Å²) in [6.45, 7) is 15.5. The van der Waals surface area contributed by atoms with Crippen molar-refractivity contribution in [1.29, 1.82) is 0 Å². The molecule has 2 rings (SSSR count). The van der Waals surface area contributed by atoms with Crippen molar-refractivity contribution in [2.24, 2.45) is 11.8 Å². The van der Waals surface area contributed by atoms with Gasteiger partial charge in [0.2, 0.25) is 0 Å². The van der Waals surface area contributed by atoms with Crippen LogP contribution in [0.1, 0.15) is 47.5 Å². The van der Waals surface area contributed by atoms with E-state index in [1.54, 1.807) is 19.9 Å². The van der Waals surface area contributed by atoms with Gasteiger partial charge in [0.05, 0.1) is 12.6 Å². The smallest absolute Gasteiger partial charge is 0.320 e. The molecule has 2 heterocycles. The molecule has 8 heteroatoms. The molecule has 2 fully saturated rings. The fourth-order valence-corrected chi connectivity index (χ4v) is 4.77. The number of urea groups is 1. The minimum Gasteiger partial charge on any atom is -0.353 e. The number of likely N-dealkylation sites (tertiary alicyclic amines) is 1. The molecule has 2 saturated heterocycles. The zero-order chi connectivity index (χ0) is 25.5. The lowest BCUT2D eigenvalue weighted by atomic mass is 9.85. The number of ether oxygens (including phenoxy) is 1. The highest BCUT2D eigenvalue weighted by Gasteiger charge is 2.49. The summed E-state index contributed by atoms with van der Waals surface area (Å²) in [4.78, 5) is 30.4. The number of carbonyl (C=O) groups excluding carboxylic acids is 2. The van der Waals surface area contributed by atoms with Gasteiger partial charge in [-0.3, -0.25) is 14.7 Å². The fraction of sp³-hybridized carbons (Fsp3) is 0.615. The molecule has 0 bridgehead atoms. The van der Waals surface area contributed by atoms with Crippen molar-refractivity contribution in [3.05, 3.63) is 48.1 Å². The molecule has 0 aromatic rings. The highest BCUT2D eigenvalue weighted by molar-refractivity contribution is 5.88. The Balaban J connectivity index is 2.38. The number of nitrogens with zero attached hydrogens (tertiary/aromatic N) is 3. The normalized spacial score (nSPS) is 24.1. The molecule has 0 aromatic carbocycles. The van der Waals surface area contributed by atoms with Crippen LogP contribution in [0.15, 0.2) is 48.1 Å². The Labute approximate surface area is 205 Å². The molecule has 190 valence electrons. The summed E-state index contributed by atoms with van der Waals surface area (Å²) in [6.07, 6.45) is 11.7. The number of amides is 3. The van der Waals surface area contributed by atoms with Gasteiger partial charge < -0.3 is 15.0 Å². The molecule has 3 atom stereocenters. The Morgan fingerprint density at radius 1 is 1.35 bits per heavy atom. The molecule has 2 aliphatic rings. The van der Waals surface area contributed by atoms with Crippen molar-refractivity contribution >= 4 is 11.9 Å². The molecule has 2 unspecified atom stereocenters. The molecule has 0 spiro atoms. The number of allylic oxidation sites excluding steroid dienone is 4. The molecule has 3 N–H and O–H groups in total. The quantitative estimate of drug-likeness (QED) is 0.186. The van der Waals surface area contributed by atoms with E-state index in [1.807, 2.05) is 45.1 Å². The fourth-order valence-electron chi connectivity index (χ4n) is 4.77. The predicted molar refractivity (Wildman–Crippen MR) is 137 cm³/mol. The van der Waals surface area contributed by atoms with E-state index in [0.717, 1.165) is 31.5 Å². The topological polar surface area (TPSA) is 91.1 Å². The first-order valence-electron chi connectivity index (χ1n) is 12.1. The lowest BCUT2D eigenvalue weighted by Crippen LogP contribution is -2.61. The van der Waals surface area contributed by atoms with Gasteiger partial charge in [0, 0.05) is 13.1 Å². The third-order valence-corrected chi connectivity index (χ3v) is 6.44. The van der Waals surface area contributed by atoms with Gasteiger partial charge in [-0.1, -0.05) is 36.0 Å². The second-order valence-electron chi connectivity index (χ2n) is 9.86. The summed E-state index contributed by atoms with van der Waals surface area (Å²) in [7, 11) is 2.10. The second-order valence-corrected chi connectivity index (χ2v) is 9.86. The van der Waals surface area contributed by atoms with E-state index in [-0.39, 0.29) is 30.5 Å². The molecule has 3 amide bonds. The number of piperidine rings is 1. The summed E-state index contributed by atoms with van der Waals surface area (Å²) in [5.41, 5.74) is 1.24. The standard InChI is InChI=1S/C26H43N5O3/c1-8-15-28-25(33)30-22(18-34-26(30,5)6)24(32)31(27)23(21-14-11-16-29(7)17-21)20(9-2)13-10-12-19(3)4/h8-10,12-13,21-23H,1,11,14-18,27H2,2-7H3,(H,28,33)/b13-10-,20-9+/t21?,22-,23?/m0/s1. The third kappa shape index (κ3) is 6.81. The van der Waals surface area contributed by atoms with Crippen LogP contribution in [0, 0.1) is 5.92 Å². The zero-order valence-corrected chi connectivity index (χ0v) is 21.7. The molecule has 0 saturated carbocycles. The van der Waals surface area contributed by atoms with Crippen molar-refractivity contribution < 1.29 is 14.3 Å². The number of hydrogen-bond donors (Lipinski definition) is 2. The van der Waals surface area contributed by atoms with Crippen LogP contribution in [0.25, 0.3) is 0 Å². The Morgan fingerprint density at radius 2 is 2.06 bits per heavy atom. The van der Waals surface area contributed by atoms with E-state index >= 15 is 0 Å². The molecule has 8 nitrogen and oxygen atoms in total. The predicted octanol–water partition coefficient (Wildman–Crippen LogP) is 3.20. The highest BCUT2D eigenvalue weighted by Crippen LogP contribution is 2.31. The van der Waals surface area contributed by atoms with Crippen molar-refractivity contribution in [1.82, 2.24) is 20.1 Å². The van der Waals surface area contributed by atoms with Crippen LogP contribution in [0.5, 0.6) is 0 Å². The first kappa shape index (κ1) is 27.8. The Kier molecular flexibility index (Phi) is 10.1. The van der Waals surface area contributed by atoms with E-state index in [4.69, 9.17) is 10.6 Å². The maximum absolute atomic E-state index is 13.8. The van der Waals surface area contributed by atoms with Crippen molar-refractivity contribution in [3.8, 4) is 0 Å². The van der Waals surface area contributed by atoms with Gasteiger partial charge in [0.15, 0.2) is 0 Å². The SMILES string of the molecule is C=CCNC(=O)N1[C@H](C(=O)N(N)C(C(/C=C\C=C(C)C)=C/C)C2CCCN(C)C2)COC1(C)C. The number of hydrazine groups is 1. The summed E-state index contributed by atoms with van der Waals surface area (Å²) in [5, 5.41) is 4.11. The minimum atomic E-state index is -0.931. The van der Waals surface area contributed by atoms with Gasteiger partial charge in [0.25, 0.3) is 5.91 Å². The second kappa shape index (κ2) is 12.3. The number of nitrogens with one attached hydrogen (secondary N) is 1. The minimum absolute atomic E-state index is 0.0944. The molecule has 0 aromatic heterocycles. The van der Waals surface area contributed by atoms with Gasteiger partial charge in [-0.25, -0.2) is 10.6 Å². The average molecular weight is 474 g/mol. The van der Waals surface area contributed by atoms with E-state index in [0.29, 0.717) is 6.54 Å². The van der Waals surface area contributed by atoms with Crippen LogP contribution < -0.4 is 11.2 Å². The summed E-state index contributed by atoms with van der Waals surface area (Å²) < 4.78 is 5.85. The van der Waals surface area contributed by atoms with E-state index < -0.39 is 11.8 Å². The molecule has 0 radical (unpaired) electrons. The van der Waals surface area contributed by atoms with Gasteiger partial charge in [-0.05, 0) is 72.5 Å². The van der Waals surface area contributed by atoms with Gasteiger partial charge in [0.1, 0.15) is 11.8 Å². The number of hydrogen-bond acceptors (Lipinski definition) is 5. The largest absolute Gasteiger partial charge is 0.353 e. The van der Waals surface area contributed by atoms with Crippen LogP contribution in [0.3, 0.4) is 0 Å². The first-order valence-corrected chi connectivity index (χ1v) is 12.1. The average Bonchev–Trinajstić information content (AvgIpc) is 3.10. The van der Waals surface area contributed by atoms with E-state index in [1.165, 1.54) is 15.5 Å². The van der Waals surface area contributed by atoms with Crippen LogP contribution >= 0.6 is 0 Å². The third-order valence-electron chi connectivity index (χ3n) is 6.44. The number of rotatable bonds is 8. The molecular weight excluding hydrogens is 430 g/mol. The van der Waals surface area contributed by atoms with Crippen LogP contribution in [0.4, 0.5) is 4.79 Å². The summed E-state index contributed by atoms with van der Waals surface area (Å²) in [5.74, 6) is 6.47. The van der Waals surface area contributed by atoms with Crippen molar-refractivity contribution in [3.63, 3.8) is 0 Å². The lowest BCUT2D eigenvalue weighted by Gasteiger charge is -2.41. The zero-order valence-electron chi connectivity index (χ0n) is 21.7. The number of carbonyl (C=O) groups is 2. The lowest BCUT2D eigenvalue weighted by molar-refractivity contribution is -0.139. The van der Waals surface area contributed by atoms with Crippen molar-refractivity contribution in [2.45, 2.75) is 65.3 Å². The van der Waals surface area contributed by atoms with Crippen LogP contribution in [-0.2, 0) is 9.53 Å². The molecule has 34 heavy (non-hydrogen) atoms. The van der Waals surface area contributed by atoms with Crippen molar-refractivity contribution in [2.75, 3.05) is 33.3 Å². The summed E-state index contributed by atoms with van der Waals surface area (Å²) in [6, 6.07) is -1.50. The van der Waals surface area contributed by atoms with Gasteiger partial charge in [-0.2, -0.15) is 0 Å². The number of nitrogens with two attached hydrogens (primary N) is 1. The molecular formula is C26H43N5O3. The first-order chi connectivity index (χ1) is 16.0. The Hall–Kier alpha value is -2.42. The maximum atomic E-state index is 13.8. The van der Waals surface area contributed by atoms with E-state index in [2.05, 4.69) is 23.8 Å². The maximum Gasteiger partial charge on any atom is 0.320 e. The Morgan fingerprint density at radius 3 is 2.65 bits per heavy atom. The van der Waals surface area contributed by atoms with Gasteiger partial charge >= 0.3 is 6.03 Å². The van der Waals surface area contributed by atoms with Crippen LogP contribution in [0.2, 0.25) is 0 Å². The molecule has 0 aliphatic carbocycles. The monoisotopic (exact) mass is 473 g/mol. The Bertz CT molecular complexity index is 828. The van der Waals surface area contributed by atoms with Gasteiger partial charge in [-0.15, -0.1) is 6.58 Å². The van der Waals surface area contributed by atoms with E-state index in [9.17, 15) is 9.59 Å². The van der Waals surface area contributed by atoms with Crippen LogP contribution in [-0.4, -0.2) is 77.8 Å². The highest BCUT2D eigenvalue weighted by atomic mass is 16.5.